The van der Waals surface area contributed by atoms with E-state index in [9.17, 15) is 18.0 Å². The molecule has 0 saturated carbocycles. The summed E-state index contributed by atoms with van der Waals surface area (Å²) in [6.07, 6.45) is -4.39. The van der Waals surface area contributed by atoms with Gasteiger partial charge in [0.25, 0.3) is 0 Å². The Morgan fingerprint density at radius 2 is 1.46 bits per heavy atom. The van der Waals surface area contributed by atoms with Crippen molar-refractivity contribution in [2.75, 3.05) is 6.54 Å². The topological polar surface area (TPSA) is 20.3 Å². The van der Waals surface area contributed by atoms with E-state index in [-0.39, 0.29) is 6.54 Å². The minimum Gasteiger partial charge on any atom is -0.331 e. The van der Waals surface area contributed by atoms with Crippen molar-refractivity contribution in [1.82, 2.24) is 4.90 Å². The molecule has 1 saturated heterocycles. The van der Waals surface area contributed by atoms with Crippen LogP contribution in [0.5, 0.6) is 0 Å². The van der Waals surface area contributed by atoms with Gasteiger partial charge in [0.1, 0.15) is 0 Å². The van der Waals surface area contributed by atoms with Crippen molar-refractivity contribution in [3.05, 3.63) is 71.8 Å². The van der Waals surface area contributed by atoms with Crippen molar-refractivity contribution < 1.29 is 18.0 Å². The number of nitrogens with zero attached hydrogens (tertiary/aromatic N) is 1. The third-order valence-electron chi connectivity index (χ3n) is 4.77. The molecule has 1 heterocycles. The molecule has 1 unspecified atom stereocenters. The number of halogens is 3. The maximum absolute atomic E-state index is 12.9. The molecule has 24 heavy (non-hydrogen) atoms. The third-order valence-corrected chi connectivity index (χ3v) is 4.77. The second-order valence-corrected chi connectivity index (χ2v) is 6.30. The van der Waals surface area contributed by atoms with Crippen LogP contribution in [0.15, 0.2) is 60.7 Å². The highest BCUT2D eigenvalue weighted by atomic mass is 19.4. The smallest absolute Gasteiger partial charge is 0.331 e. The van der Waals surface area contributed by atoms with Gasteiger partial charge in [-0.25, -0.2) is 0 Å². The van der Waals surface area contributed by atoms with Gasteiger partial charge in [0.05, 0.1) is 0 Å². The lowest BCUT2D eigenvalue weighted by Gasteiger charge is -2.31. The molecular weight excluding hydrogens is 315 g/mol. The average molecular weight is 333 g/mol. The van der Waals surface area contributed by atoms with E-state index in [0.717, 1.165) is 16.0 Å². The quantitative estimate of drug-likeness (QED) is 0.808. The van der Waals surface area contributed by atoms with Crippen LogP contribution in [0.3, 0.4) is 0 Å². The van der Waals surface area contributed by atoms with Crippen molar-refractivity contribution in [2.24, 2.45) is 0 Å². The Bertz CT molecular complexity index is 673. The Morgan fingerprint density at radius 3 is 1.88 bits per heavy atom. The Labute approximate surface area is 138 Å². The fraction of sp³-hybridized carbons (Fsp3) is 0.316. The normalized spacial score (nSPS) is 20.2. The van der Waals surface area contributed by atoms with E-state index in [4.69, 9.17) is 0 Å². The van der Waals surface area contributed by atoms with Gasteiger partial charge in [-0.05, 0) is 24.5 Å². The van der Waals surface area contributed by atoms with Gasteiger partial charge in [-0.15, -0.1) is 0 Å². The predicted octanol–water partition coefficient (Wildman–Crippen LogP) is 4.16. The Kier molecular flexibility index (Phi) is 4.11. The van der Waals surface area contributed by atoms with Crippen LogP contribution in [0, 0.1) is 0 Å². The molecule has 3 rings (SSSR count). The summed E-state index contributed by atoms with van der Waals surface area (Å²) in [4.78, 5) is 12.8. The lowest BCUT2D eigenvalue weighted by atomic mass is 9.73. The summed E-state index contributed by atoms with van der Waals surface area (Å²) in [6, 6.07) is 18.4. The lowest BCUT2D eigenvalue weighted by Crippen LogP contribution is -2.44. The van der Waals surface area contributed by atoms with E-state index in [1.807, 2.05) is 60.7 Å². The number of amides is 1. The van der Waals surface area contributed by atoms with Gasteiger partial charge in [0.15, 0.2) is 0 Å². The number of alkyl halides is 3. The highest BCUT2D eigenvalue weighted by Crippen LogP contribution is 2.44. The molecule has 0 aliphatic carbocycles. The standard InChI is InChI=1S/C19H18F3NO/c1-14-12-18(15-8-4-2-5-9-15,16-10-6-3-7-11-16)13-23(14)17(24)19(20,21)22/h2-11,14H,12-13H2,1H3. The second kappa shape index (κ2) is 5.96. The van der Waals surface area contributed by atoms with Crippen molar-refractivity contribution in [1.29, 1.82) is 0 Å². The molecule has 5 heteroatoms. The minimum atomic E-state index is -4.85. The number of rotatable bonds is 2. The highest BCUT2D eigenvalue weighted by Gasteiger charge is 2.52. The van der Waals surface area contributed by atoms with E-state index in [2.05, 4.69) is 0 Å². The molecule has 1 fully saturated rings. The van der Waals surface area contributed by atoms with Gasteiger partial charge < -0.3 is 4.90 Å². The van der Waals surface area contributed by atoms with Crippen LogP contribution in [0.25, 0.3) is 0 Å². The molecule has 1 atom stereocenters. The fourth-order valence-electron chi connectivity index (χ4n) is 3.66. The van der Waals surface area contributed by atoms with Gasteiger partial charge >= 0.3 is 12.1 Å². The summed E-state index contributed by atoms with van der Waals surface area (Å²) in [5, 5.41) is 0. The van der Waals surface area contributed by atoms with Crippen LogP contribution in [0.2, 0.25) is 0 Å². The minimum absolute atomic E-state index is 0.0283. The van der Waals surface area contributed by atoms with Gasteiger partial charge in [-0.1, -0.05) is 60.7 Å². The first kappa shape index (κ1) is 16.6. The molecule has 1 aliphatic heterocycles. The zero-order chi connectivity index (χ0) is 17.4. The SMILES string of the molecule is CC1CC(c2ccccc2)(c2ccccc2)CN1C(=O)C(F)(F)F. The zero-order valence-corrected chi connectivity index (χ0v) is 13.3. The van der Waals surface area contributed by atoms with Crippen molar-refractivity contribution in [3.63, 3.8) is 0 Å². The molecule has 2 nitrogen and oxygen atoms in total. The van der Waals surface area contributed by atoms with E-state index < -0.39 is 23.5 Å². The molecular formula is C19H18F3NO. The summed E-state index contributed by atoms with van der Waals surface area (Å²) >= 11 is 0. The monoisotopic (exact) mass is 333 g/mol. The second-order valence-electron chi connectivity index (χ2n) is 6.30. The maximum Gasteiger partial charge on any atom is 0.471 e. The summed E-state index contributed by atoms with van der Waals surface area (Å²) in [6.45, 7) is 1.71. The number of hydrogen-bond donors (Lipinski definition) is 0. The molecule has 0 N–H and O–H groups in total. The highest BCUT2D eigenvalue weighted by molar-refractivity contribution is 5.83. The van der Waals surface area contributed by atoms with Crippen LogP contribution in [-0.2, 0) is 10.2 Å². The van der Waals surface area contributed by atoms with Crippen molar-refractivity contribution in [2.45, 2.75) is 31.0 Å². The molecule has 2 aromatic carbocycles. The van der Waals surface area contributed by atoms with E-state index >= 15 is 0 Å². The summed E-state index contributed by atoms with van der Waals surface area (Å²) in [5.41, 5.74) is 1.24. The molecule has 0 bridgehead atoms. The number of likely N-dealkylation sites (tertiary alicyclic amines) is 1. The van der Waals surface area contributed by atoms with Crippen molar-refractivity contribution in [3.8, 4) is 0 Å². The number of hydrogen-bond acceptors (Lipinski definition) is 1. The maximum atomic E-state index is 12.9. The molecule has 2 aromatic rings. The number of carbonyl (C=O) groups excluding carboxylic acids is 1. The molecule has 1 aliphatic rings. The largest absolute Gasteiger partial charge is 0.471 e. The molecule has 0 radical (unpaired) electrons. The zero-order valence-electron chi connectivity index (χ0n) is 13.3. The first-order valence-corrected chi connectivity index (χ1v) is 7.83. The summed E-state index contributed by atoms with van der Waals surface area (Å²) in [5.74, 6) is -1.76. The first-order valence-electron chi connectivity index (χ1n) is 7.83. The lowest BCUT2D eigenvalue weighted by molar-refractivity contribution is -0.186. The molecule has 1 amide bonds. The van der Waals surface area contributed by atoms with Crippen molar-refractivity contribution >= 4 is 5.91 Å². The van der Waals surface area contributed by atoms with Gasteiger partial charge in [-0.2, -0.15) is 13.2 Å². The predicted molar refractivity (Wildman–Crippen MR) is 85.5 cm³/mol. The van der Waals surface area contributed by atoms with Crippen LogP contribution in [-0.4, -0.2) is 29.6 Å². The Morgan fingerprint density at radius 1 is 1.00 bits per heavy atom. The molecule has 0 spiro atoms. The van der Waals surface area contributed by atoms with Crippen LogP contribution in [0.4, 0.5) is 13.2 Å². The Hall–Kier alpha value is -2.30. The fourth-order valence-corrected chi connectivity index (χ4v) is 3.66. The van der Waals surface area contributed by atoms with Gasteiger partial charge in [0.2, 0.25) is 0 Å². The van der Waals surface area contributed by atoms with Gasteiger partial charge in [-0.3, -0.25) is 4.79 Å². The van der Waals surface area contributed by atoms with Gasteiger partial charge in [0, 0.05) is 18.0 Å². The van der Waals surface area contributed by atoms with E-state index in [1.54, 1.807) is 6.92 Å². The Balaban J connectivity index is 2.07. The first-order chi connectivity index (χ1) is 11.3. The average Bonchev–Trinajstić information content (AvgIpc) is 2.93. The third kappa shape index (κ3) is 2.79. The molecule has 126 valence electrons. The molecule has 0 aromatic heterocycles. The summed E-state index contributed by atoms with van der Waals surface area (Å²) < 4.78 is 38.8. The number of benzene rings is 2. The summed E-state index contributed by atoms with van der Waals surface area (Å²) in [7, 11) is 0. The van der Waals surface area contributed by atoms with Crippen LogP contribution < -0.4 is 0 Å². The number of carbonyl (C=O) groups is 1. The van der Waals surface area contributed by atoms with Crippen LogP contribution in [0.1, 0.15) is 24.5 Å². The van der Waals surface area contributed by atoms with E-state index in [0.29, 0.717) is 6.42 Å². The van der Waals surface area contributed by atoms with E-state index in [1.165, 1.54) is 0 Å². The van der Waals surface area contributed by atoms with Crippen LogP contribution >= 0.6 is 0 Å².